The maximum atomic E-state index is 4.33. The van der Waals surface area contributed by atoms with Gasteiger partial charge in [0.2, 0.25) is 0 Å². The van der Waals surface area contributed by atoms with Crippen molar-refractivity contribution in [2.75, 3.05) is 0 Å². The first-order valence-corrected chi connectivity index (χ1v) is 7.45. The molecule has 0 bridgehead atoms. The van der Waals surface area contributed by atoms with Crippen LogP contribution >= 0.6 is 0 Å². The minimum Gasteiger partial charge on any atom is -0.337 e. The van der Waals surface area contributed by atoms with Gasteiger partial charge in [-0.25, -0.2) is 9.97 Å². The van der Waals surface area contributed by atoms with Gasteiger partial charge in [0, 0.05) is 43.6 Å². The molecule has 5 nitrogen and oxygen atoms in total. The highest BCUT2D eigenvalue weighted by atomic mass is 15.1. The third kappa shape index (κ3) is 2.94. The largest absolute Gasteiger partial charge is 0.337 e. The van der Waals surface area contributed by atoms with Crippen LogP contribution in [0, 0.1) is 6.92 Å². The zero-order chi connectivity index (χ0) is 15.5. The summed E-state index contributed by atoms with van der Waals surface area (Å²) in [6, 6.07) is 8.84. The van der Waals surface area contributed by atoms with Gasteiger partial charge in [0.1, 0.15) is 11.6 Å². The van der Waals surface area contributed by atoms with Crippen molar-refractivity contribution < 1.29 is 0 Å². The average Bonchev–Trinajstić information content (AvgIpc) is 3.13. The fraction of sp³-hybridized carbons (Fsp3) is 0.294. The number of hydrogen-bond acceptors (Lipinski definition) is 3. The minimum atomic E-state index is 0.273. The van der Waals surface area contributed by atoms with Gasteiger partial charge in [-0.1, -0.05) is 12.1 Å². The molecule has 114 valence electrons. The van der Waals surface area contributed by atoms with Crippen LogP contribution in [0.2, 0.25) is 0 Å². The van der Waals surface area contributed by atoms with Gasteiger partial charge in [-0.05, 0) is 31.5 Å². The van der Waals surface area contributed by atoms with E-state index in [-0.39, 0.29) is 6.04 Å². The molecule has 5 heteroatoms. The number of aromatic nitrogens is 4. The van der Waals surface area contributed by atoms with E-state index in [9.17, 15) is 0 Å². The van der Waals surface area contributed by atoms with Crippen LogP contribution in [0.25, 0.3) is 5.69 Å². The summed E-state index contributed by atoms with van der Waals surface area (Å²) in [6.07, 6.45) is 7.58. The van der Waals surface area contributed by atoms with Crippen LogP contribution < -0.4 is 5.32 Å². The minimum absolute atomic E-state index is 0.273. The third-order valence-electron chi connectivity index (χ3n) is 3.98. The Morgan fingerprint density at radius 1 is 1.09 bits per heavy atom. The lowest BCUT2D eigenvalue weighted by molar-refractivity contribution is 0.549. The summed E-state index contributed by atoms with van der Waals surface area (Å²) < 4.78 is 4.11. The van der Waals surface area contributed by atoms with E-state index in [4.69, 9.17) is 0 Å². The maximum absolute atomic E-state index is 4.33. The Hall–Kier alpha value is -2.40. The molecular formula is C17H21N5. The number of aryl methyl sites for hydroxylation is 2. The molecule has 2 heterocycles. The SMILES string of the molecule is Cc1nccn1-c1ccc([C@@H](C)NCc2nccn2C)cc1. The highest BCUT2D eigenvalue weighted by Gasteiger charge is 2.07. The molecule has 1 aromatic carbocycles. The Labute approximate surface area is 130 Å². The third-order valence-corrected chi connectivity index (χ3v) is 3.98. The fourth-order valence-electron chi connectivity index (χ4n) is 2.50. The molecule has 0 saturated carbocycles. The van der Waals surface area contributed by atoms with Crippen LogP contribution in [0.4, 0.5) is 0 Å². The Balaban J connectivity index is 1.67. The first-order chi connectivity index (χ1) is 10.6. The van der Waals surface area contributed by atoms with Gasteiger partial charge in [0.15, 0.2) is 0 Å². The van der Waals surface area contributed by atoms with Crippen molar-refractivity contribution in [1.29, 1.82) is 0 Å². The van der Waals surface area contributed by atoms with Crippen molar-refractivity contribution in [3.05, 3.63) is 66.3 Å². The van der Waals surface area contributed by atoms with E-state index in [1.807, 2.05) is 43.3 Å². The van der Waals surface area contributed by atoms with E-state index in [2.05, 4.69) is 51.0 Å². The lowest BCUT2D eigenvalue weighted by atomic mass is 10.1. The zero-order valence-electron chi connectivity index (χ0n) is 13.2. The van der Waals surface area contributed by atoms with E-state index in [1.165, 1.54) is 5.56 Å². The van der Waals surface area contributed by atoms with Crippen LogP contribution in [-0.2, 0) is 13.6 Å². The molecular weight excluding hydrogens is 274 g/mol. The Bertz CT molecular complexity index is 739. The molecule has 0 spiro atoms. The molecule has 0 fully saturated rings. The fourth-order valence-corrected chi connectivity index (χ4v) is 2.50. The second kappa shape index (κ2) is 6.15. The predicted octanol–water partition coefficient (Wildman–Crippen LogP) is 2.77. The van der Waals surface area contributed by atoms with Crippen molar-refractivity contribution >= 4 is 0 Å². The molecule has 0 aliphatic rings. The van der Waals surface area contributed by atoms with E-state index >= 15 is 0 Å². The Morgan fingerprint density at radius 2 is 1.82 bits per heavy atom. The molecule has 3 rings (SSSR count). The molecule has 1 atom stereocenters. The van der Waals surface area contributed by atoms with Gasteiger partial charge in [0.25, 0.3) is 0 Å². The highest BCUT2D eigenvalue weighted by molar-refractivity contribution is 5.36. The standard InChI is InChI=1S/C17H21N5/c1-13(20-12-17-19-8-10-21(17)3)15-4-6-16(7-5-15)22-11-9-18-14(22)2/h4-11,13,20H,12H2,1-3H3/t13-/m1/s1. The number of imidazole rings is 2. The van der Waals surface area contributed by atoms with Crippen molar-refractivity contribution in [3.8, 4) is 5.69 Å². The number of hydrogen-bond donors (Lipinski definition) is 1. The second-order valence-corrected chi connectivity index (χ2v) is 5.49. The molecule has 0 aliphatic carbocycles. The molecule has 0 unspecified atom stereocenters. The molecule has 3 aromatic rings. The van der Waals surface area contributed by atoms with Crippen LogP contribution in [0.5, 0.6) is 0 Å². The monoisotopic (exact) mass is 295 g/mol. The van der Waals surface area contributed by atoms with Gasteiger partial charge >= 0.3 is 0 Å². The smallest absolute Gasteiger partial charge is 0.122 e. The van der Waals surface area contributed by atoms with E-state index in [0.717, 1.165) is 23.9 Å². The Kier molecular flexibility index (Phi) is 4.06. The lowest BCUT2D eigenvalue weighted by Gasteiger charge is -2.15. The molecule has 0 aliphatic heterocycles. The van der Waals surface area contributed by atoms with Crippen LogP contribution in [0.3, 0.4) is 0 Å². The summed E-state index contributed by atoms with van der Waals surface area (Å²) in [5.41, 5.74) is 2.39. The summed E-state index contributed by atoms with van der Waals surface area (Å²) in [7, 11) is 2.01. The first-order valence-electron chi connectivity index (χ1n) is 7.45. The van der Waals surface area contributed by atoms with Crippen molar-refractivity contribution in [1.82, 2.24) is 24.4 Å². The van der Waals surface area contributed by atoms with E-state index in [0.29, 0.717) is 0 Å². The van der Waals surface area contributed by atoms with Gasteiger partial charge < -0.3 is 14.5 Å². The number of nitrogens with one attached hydrogen (secondary N) is 1. The topological polar surface area (TPSA) is 47.7 Å². The number of nitrogens with zero attached hydrogens (tertiary/aromatic N) is 4. The summed E-state index contributed by atoms with van der Waals surface area (Å²) in [4.78, 5) is 8.59. The maximum Gasteiger partial charge on any atom is 0.122 e. The summed E-state index contributed by atoms with van der Waals surface area (Å²) >= 11 is 0. The summed E-state index contributed by atoms with van der Waals surface area (Å²) in [6.45, 7) is 4.93. The molecule has 0 radical (unpaired) electrons. The van der Waals surface area contributed by atoms with E-state index < -0.39 is 0 Å². The van der Waals surface area contributed by atoms with Crippen molar-refractivity contribution in [3.63, 3.8) is 0 Å². The molecule has 2 aromatic heterocycles. The van der Waals surface area contributed by atoms with Crippen LogP contribution in [0.15, 0.2) is 49.1 Å². The summed E-state index contributed by atoms with van der Waals surface area (Å²) in [5, 5.41) is 3.51. The first kappa shape index (κ1) is 14.5. The number of benzene rings is 1. The van der Waals surface area contributed by atoms with Crippen LogP contribution in [0.1, 0.15) is 30.2 Å². The van der Waals surface area contributed by atoms with Crippen LogP contribution in [-0.4, -0.2) is 19.1 Å². The second-order valence-electron chi connectivity index (χ2n) is 5.49. The quantitative estimate of drug-likeness (QED) is 0.787. The van der Waals surface area contributed by atoms with E-state index in [1.54, 1.807) is 0 Å². The van der Waals surface area contributed by atoms with Gasteiger partial charge in [-0.15, -0.1) is 0 Å². The molecule has 0 amide bonds. The Morgan fingerprint density at radius 3 is 2.41 bits per heavy atom. The van der Waals surface area contributed by atoms with Crippen molar-refractivity contribution in [2.24, 2.45) is 7.05 Å². The normalized spacial score (nSPS) is 12.5. The van der Waals surface area contributed by atoms with Gasteiger partial charge in [-0.3, -0.25) is 0 Å². The van der Waals surface area contributed by atoms with Gasteiger partial charge in [0.05, 0.1) is 6.54 Å². The summed E-state index contributed by atoms with van der Waals surface area (Å²) in [5.74, 6) is 2.03. The molecule has 22 heavy (non-hydrogen) atoms. The predicted molar refractivity (Wildman–Crippen MR) is 86.8 cm³/mol. The van der Waals surface area contributed by atoms with Gasteiger partial charge in [-0.2, -0.15) is 0 Å². The average molecular weight is 295 g/mol. The molecule has 0 saturated heterocycles. The zero-order valence-corrected chi connectivity index (χ0v) is 13.2. The number of rotatable bonds is 5. The lowest BCUT2D eigenvalue weighted by Crippen LogP contribution is -2.20. The molecule has 1 N–H and O–H groups in total. The van der Waals surface area contributed by atoms with Crippen molar-refractivity contribution in [2.45, 2.75) is 26.4 Å². The highest BCUT2D eigenvalue weighted by Crippen LogP contribution is 2.17.